The molecule has 82 valence electrons. The maximum atomic E-state index is 3.78. The van der Waals surface area contributed by atoms with Crippen molar-refractivity contribution in [3.8, 4) is 0 Å². The van der Waals surface area contributed by atoms with Crippen molar-refractivity contribution in [1.82, 2.24) is 0 Å². The first kappa shape index (κ1) is 10.1. The number of rotatable bonds is 2. The molecule has 1 aliphatic carbocycles. The Balaban J connectivity index is 1.95. The van der Waals surface area contributed by atoms with Gasteiger partial charge in [0, 0.05) is 0 Å². The molecule has 1 aliphatic rings. The van der Waals surface area contributed by atoms with Crippen LogP contribution in [0.4, 0.5) is 0 Å². The maximum Gasteiger partial charge on any atom is -0.00137 e. The van der Waals surface area contributed by atoms with Gasteiger partial charge in [0.2, 0.25) is 0 Å². The minimum Gasteiger partial charge on any atom is -0.0985 e. The lowest BCUT2D eigenvalue weighted by Crippen LogP contribution is -1.85. The lowest BCUT2D eigenvalue weighted by molar-refractivity contribution is 1.31. The number of allylic oxidation sites excluding steroid dienone is 1. The van der Waals surface area contributed by atoms with Crippen molar-refractivity contribution in [3.05, 3.63) is 77.4 Å². The van der Waals surface area contributed by atoms with Crippen LogP contribution in [-0.4, -0.2) is 0 Å². The Bertz CT molecular complexity index is 586. The Kier molecular flexibility index (Phi) is 2.41. The second-order valence-electron chi connectivity index (χ2n) is 4.37. The third kappa shape index (κ3) is 1.83. The number of benzene rings is 2. The molecule has 0 heterocycles. The van der Waals surface area contributed by atoms with Gasteiger partial charge in [0.25, 0.3) is 0 Å². The summed E-state index contributed by atoms with van der Waals surface area (Å²) in [4.78, 5) is 0. The smallest absolute Gasteiger partial charge is 0.00137 e. The molecule has 17 heavy (non-hydrogen) atoms. The van der Waals surface area contributed by atoms with Crippen molar-refractivity contribution < 1.29 is 0 Å². The molecule has 0 saturated heterocycles. The predicted molar refractivity (Wildman–Crippen MR) is 74.6 cm³/mol. The van der Waals surface area contributed by atoms with Gasteiger partial charge in [-0.05, 0) is 34.2 Å². The summed E-state index contributed by atoms with van der Waals surface area (Å²) in [6.07, 6.45) is 5.21. The molecule has 0 aliphatic heterocycles. The van der Waals surface area contributed by atoms with Gasteiger partial charge in [-0.1, -0.05) is 67.3 Å². The molecule has 0 saturated carbocycles. The Hall–Kier alpha value is -2.08. The van der Waals surface area contributed by atoms with E-state index >= 15 is 0 Å². The lowest BCUT2D eigenvalue weighted by atomic mass is 10.0. The van der Waals surface area contributed by atoms with Gasteiger partial charge in [-0.25, -0.2) is 0 Å². The second-order valence-corrected chi connectivity index (χ2v) is 4.37. The predicted octanol–water partition coefficient (Wildman–Crippen LogP) is 4.43. The molecule has 0 fully saturated rings. The van der Waals surface area contributed by atoms with Crippen LogP contribution in [0.25, 0.3) is 17.7 Å². The average Bonchev–Trinajstić information content (AvgIpc) is 2.82. The fraction of sp³-hybridized carbons (Fsp3) is 0.0588. The van der Waals surface area contributed by atoms with Crippen molar-refractivity contribution in [3.63, 3.8) is 0 Å². The number of fused-ring (bicyclic) bond motifs is 1. The fourth-order valence-electron chi connectivity index (χ4n) is 2.30. The van der Waals surface area contributed by atoms with Crippen LogP contribution in [-0.2, 0) is 6.42 Å². The van der Waals surface area contributed by atoms with Gasteiger partial charge < -0.3 is 0 Å². The Morgan fingerprint density at radius 1 is 0.941 bits per heavy atom. The highest BCUT2D eigenvalue weighted by atomic mass is 14.2. The second kappa shape index (κ2) is 4.06. The lowest BCUT2D eigenvalue weighted by Gasteiger charge is -2.02. The summed E-state index contributed by atoms with van der Waals surface area (Å²) in [6.45, 7) is 3.78. The molecule has 2 aromatic carbocycles. The van der Waals surface area contributed by atoms with E-state index in [0.717, 1.165) is 6.42 Å². The Morgan fingerprint density at radius 3 is 2.41 bits per heavy atom. The zero-order valence-electron chi connectivity index (χ0n) is 9.69. The van der Waals surface area contributed by atoms with E-state index in [4.69, 9.17) is 0 Å². The Labute approximate surface area is 102 Å². The molecule has 3 rings (SSSR count). The highest BCUT2D eigenvalue weighted by molar-refractivity contribution is 5.88. The fourth-order valence-corrected chi connectivity index (χ4v) is 2.30. The Morgan fingerprint density at radius 2 is 1.71 bits per heavy atom. The molecule has 0 heteroatoms. The van der Waals surface area contributed by atoms with Gasteiger partial charge >= 0.3 is 0 Å². The largest absolute Gasteiger partial charge is 0.0985 e. The molecule has 0 atom stereocenters. The number of hydrogen-bond acceptors (Lipinski definition) is 0. The molecular weight excluding hydrogens is 204 g/mol. The third-order valence-corrected chi connectivity index (χ3v) is 3.28. The minimum atomic E-state index is 1.05. The van der Waals surface area contributed by atoms with Crippen molar-refractivity contribution >= 4 is 17.7 Å². The van der Waals surface area contributed by atoms with Crippen LogP contribution >= 0.6 is 0 Å². The molecular formula is C17H14. The van der Waals surface area contributed by atoms with Gasteiger partial charge in [-0.2, -0.15) is 0 Å². The third-order valence-electron chi connectivity index (χ3n) is 3.28. The van der Waals surface area contributed by atoms with Crippen molar-refractivity contribution in [2.24, 2.45) is 0 Å². The summed E-state index contributed by atoms with van der Waals surface area (Å²) in [7, 11) is 0. The summed E-state index contributed by atoms with van der Waals surface area (Å²) in [5.74, 6) is 0. The summed E-state index contributed by atoms with van der Waals surface area (Å²) >= 11 is 0. The van der Waals surface area contributed by atoms with Crippen LogP contribution in [0.2, 0.25) is 0 Å². The van der Waals surface area contributed by atoms with Crippen LogP contribution in [0.5, 0.6) is 0 Å². The van der Waals surface area contributed by atoms with Crippen LogP contribution in [0.15, 0.2) is 55.1 Å². The standard InChI is InChI=1S/C17H14/c1-2-13-7-9-14(10-8-13)17-11-15-5-3-4-6-16(15)12-17/h2-11H,1,12H2. The van der Waals surface area contributed by atoms with E-state index in [9.17, 15) is 0 Å². The first-order valence-corrected chi connectivity index (χ1v) is 5.88. The van der Waals surface area contributed by atoms with E-state index in [0.29, 0.717) is 0 Å². The quantitative estimate of drug-likeness (QED) is 0.699. The first-order chi connectivity index (χ1) is 8.36. The van der Waals surface area contributed by atoms with Crippen LogP contribution in [0.1, 0.15) is 22.3 Å². The van der Waals surface area contributed by atoms with Crippen LogP contribution in [0.3, 0.4) is 0 Å². The molecule has 0 unspecified atom stereocenters. The number of hydrogen-bond donors (Lipinski definition) is 0. The van der Waals surface area contributed by atoms with E-state index in [-0.39, 0.29) is 0 Å². The average molecular weight is 218 g/mol. The van der Waals surface area contributed by atoms with Crippen molar-refractivity contribution in [1.29, 1.82) is 0 Å². The van der Waals surface area contributed by atoms with Crippen LogP contribution in [0, 0.1) is 0 Å². The van der Waals surface area contributed by atoms with Crippen LogP contribution < -0.4 is 0 Å². The SMILES string of the molecule is C=Cc1ccc(C2=Cc3ccccc3C2)cc1. The van der Waals surface area contributed by atoms with Gasteiger partial charge in [0.05, 0.1) is 0 Å². The van der Waals surface area contributed by atoms with Gasteiger partial charge in [0.1, 0.15) is 0 Å². The van der Waals surface area contributed by atoms with E-state index in [1.807, 2.05) is 6.08 Å². The van der Waals surface area contributed by atoms with Gasteiger partial charge in [-0.15, -0.1) is 0 Å². The molecule has 0 spiro atoms. The van der Waals surface area contributed by atoms with Crippen molar-refractivity contribution in [2.45, 2.75) is 6.42 Å². The summed E-state index contributed by atoms with van der Waals surface area (Å²) in [5.41, 5.74) is 6.67. The van der Waals surface area contributed by atoms with E-state index in [1.54, 1.807) is 0 Å². The summed E-state index contributed by atoms with van der Waals surface area (Å²) in [5, 5.41) is 0. The summed E-state index contributed by atoms with van der Waals surface area (Å²) in [6, 6.07) is 17.2. The molecule has 2 aromatic rings. The van der Waals surface area contributed by atoms with Crippen molar-refractivity contribution in [2.75, 3.05) is 0 Å². The zero-order chi connectivity index (χ0) is 11.7. The molecule has 0 radical (unpaired) electrons. The zero-order valence-corrected chi connectivity index (χ0v) is 9.69. The van der Waals surface area contributed by atoms with Gasteiger partial charge in [0.15, 0.2) is 0 Å². The normalized spacial score (nSPS) is 13.1. The summed E-state index contributed by atoms with van der Waals surface area (Å²) < 4.78 is 0. The molecule has 0 aromatic heterocycles. The first-order valence-electron chi connectivity index (χ1n) is 5.88. The van der Waals surface area contributed by atoms with E-state index in [1.165, 1.54) is 27.8 Å². The monoisotopic (exact) mass is 218 g/mol. The van der Waals surface area contributed by atoms with Gasteiger partial charge in [-0.3, -0.25) is 0 Å². The van der Waals surface area contributed by atoms with E-state index in [2.05, 4.69) is 61.2 Å². The highest BCUT2D eigenvalue weighted by Crippen LogP contribution is 2.31. The minimum absolute atomic E-state index is 1.05. The molecule has 0 nitrogen and oxygen atoms in total. The highest BCUT2D eigenvalue weighted by Gasteiger charge is 2.12. The molecule has 0 N–H and O–H groups in total. The molecule has 0 amide bonds. The maximum absolute atomic E-state index is 3.78. The van der Waals surface area contributed by atoms with E-state index < -0.39 is 0 Å². The topological polar surface area (TPSA) is 0 Å². The molecule has 0 bridgehead atoms.